The van der Waals surface area contributed by atoms with Gasteiger partial charge < -0.3 is 21.5 Å². The number of benzene rings is 3. The number of rotatable bonds is 4. The molecular formula is C21H18N4O2. The highest BCUT2D eigenvalue weighted by molar-refractivity contribution is 6.11. The fraction of sp³-hybridized carbons (Fsp3) is 0.0476. The molecule has 3 aromatic rings. The molecule has 27 heavy (non-hydrogen) atoms. The minimum absolute atomic E-state index is 0.105. The number of amides is 1. The first-order valence-corrected chi connectivity index (χ1v) is 8.24. The summed E-state index contributed by atoms with van der Waals surface area (Å²) in [5, 5.41) is 26.2. The van der Waals surface area contributed by atoms with Gasteiger partial charge in [-0.2, -0.15) is 5.26 Å². The van der Waals surface area contributed by atoms with Crippen LogP contribution < -0.4 is 16.4 Å². The quantitative estimate of drug-likeness (QED) is 0.321. The second-order valence-corrected chi connectivity index (χ2v) is 6.04. The molecule has 0 fully saturated rings. The van der Waals surface area contributed by atoms with Gasteiger partial charge in [0.15, 0.2) is 0 Å². The van der Waals surface area contributed by atoms with Gasteiger partial charge in [-0.3, -0.25) is 4.79 Å². The molecular weight excluding hydrogens is 340 g/mol. The standard InChI is InChI=1S/C21H18N4O2/c1-13-8-9-19(17(23)10-13)24-12-14(11-22)21(27)25-18-6-2-5-16-15(18)4-3-7-20(16)26/h2-10,12,24,26H,23H2,1H3,(H,25,27)/b14-12-. The van der Waals surface area contributed by atoms with E-state index in [-0.39, 0.29) is 11.3 Å². The van der Waals surface area contributed by atoms with E-state index < -0.39 is 5.91 Å². The molecule has 0 aromatic heterocycles. The number of fused-ring (bicyclic) bond motifs is 1. The molecule has 5 N–H and O–H groups in total. The van der Waals surface area contributed by atoms with Crippen LogP contribution >= 0.6 is 0 Å². The molecule has 0 radical (unpaired) electrons. The predicted octanol–water partition coefficient (Wildman–Crippen LogP) is 3.89. The highest BCUT2D eigenvalue weighted by atomic mass is 16.3. The fourth-order valence-corrected chi connectivity index (χ4v) is 2.70. The second kappa shape index (κ2) is 7.50. The zero-order valence-electron chi connectivity index (χ0n) is 14.7. The van der Waals surface area contributed by atoms with E-state index in [1.54, 1.807) is 48.5 Å². The molecule has 0 atom stereocenters. The van der Waals surface area contributed by atoms with E-state index in [1.807, 2.05) is 19.1 Å². The Hall–Kier alpha value is -3.98. The van der Waals surface area contributed by atoms with Crippen LogP contribution in [0.1, 0.15) is 5.56 Å². The summed E-state index contributed by atoms with van der Waals surface area (Å²) in [7, 11) is 0. The van der Waals surface area contributed by atoms with Crippen molar-refractivity contribution in [3.8, 4) is 11.8 Å². The Kier molecular flexibility index (Phi) is 4.95. The van der Waals surface area contributed by atoms with Crippen LogP contribution in [0, 0.1) is 18.3 Å². The van der Waals surface area contributed by atoms with Crippen molar-refractivity contribution in [1.82, 2.24) is 0 Å². The summed E-state index contributed by atoms with van der Waals surface area (Å²) in [5.41, 5.74) is 8.47. The van der Waals surface area contributed by atoms with E-state index in [4.69, 9.17) is 5.73 Å². The molecule has 6 nitrogen and oxygen atoms in total. The summed E-state index contributed by atoms with van der Waals surface area (Å²) in [6, 6.07) is 17.6. The number of hydrogen-bond acceptors (Lipinski definition) is 5. The molecule has 0 spiro atoms. The van der Waals surface area contributed by atoms with Crippen molar-refractivity contribution in [2.75, 3.05) is 16.4 Å². The number of anilines is 3. The topological polar surface area (TPSA) is 111 Å². The first kappa shape index (κ1) is 17.8. The van der Waals surface area contributed by atoms with Gasteiger partial charge in [-0.25, -0.2) is 0 Å². The van der Waals surface area contributed by atoms with Gasteiger partial charge >= 0.3 is 0 Å². The Morgan fingerprint density at radius 2 is 1.85 bits per heavy atom. The first-order chi connectivity index (χ1) is 13.0. The Morgan fingerprint density at radius 3 is 2.59 bits per heavy atom. The second-order valence-electron chi connectivity index (χ2n) is 6.04. The molecule has 0 heterocycles. The fourth-order valence-electron chi connectivity index (χ4n) is 2.70. The zero-order chi connectivity index (χ0) is 19.4. The number of nitrogen functional groups attached to an aromatic ring is 1. The summed E-state index contributed by atoms with van der Waals surface area (Å²) >= 11 is 0. The lowest BCUT2D eigenvalue weighted by Gasteiger charge is -2.10. The van der Waals surface area contributed by atoms with Crippen molar-refractivity contribution in [2.24, 2.45) is 0 Å². The lowest BCUT2D eigenvalue weighted by Crippen LogP contribution is -2.15. The Morgan fingerprint density at radius 1 is 1.11 bits per heavy atom. The number of hydrogen-bond donors (Lipinski definition) is 4. The number of aromatic hydroxyl groups is 1. The lowest BCUT2D eigenvalue weighted by molar-refractivity contribution is -0.112. The number of aryl methyl sites for hydroxylation is 1. The summed E-state index contributed by atoms with van der Waals surface area (Å²) in [4.78, 5) is 12.5. The van der Waals surface area contributed by atoms with E-state index in [9.17, 15) is 15.2 Å². The number of nitrogens with two attached hydrogens (primary N) is 1. The van der Waals surface area contributed by atoms with Gasteiger partial charge in [-0.15, -0.1) is 0 Å². The van der Waals surface area contributed by atoms with Gasteiger partial charge in [0, 0.05) is 22.7 Å². The summed E-state index contributed by atoms with van der Waals surface area (Å²) in [6.45, 7) is 1.92. The molecule has 3 aromatic carbocycles. The summed E-state index contributed by atoms with van der Waals surface area (Å²) in [6.07, 6.45) is 1.32. The third-order valence-corrected chi connectivity index (χ3v) is 4.09. The van der Waals surface area contributed by atoms with Gasteiger partial charge in [0.2, 0.25) is 0 Å². The lowest BCUT2D eigenvalue weighted by atomic mass is 10.1. The van der Waals surface area contributed by atoms with Crippen LogP contribution in [0.4, 0.5) is 17.1 Å². The largest absolute Gasteiger partial charge is 0.507 e. The third-order valence-electron chi connectivity index (χ3n) is 4.09. The minimum Gasteiger partial charge on any atom is -0.507 e. The van der Waals surface area contributed by atoms with Crippen LogP contribution in [-0.4, -0.2) is 11.0 Å². The number of carbonyl (C=O) groups excluding carboxylic acids is 1. The summed E-state index contributed by atoms with van der Waals surface area (Å²) in [5.74, 6) is -0.442. The van der Waals surface area contributed by atoms with E-state index >= 15 is 0 Å². The number of nitrogens with zero attached hydrogens (tertiary/aromatic N) is 1. The van der Waals surface area contributed by atoms with Gasteiger partial charge in [-0.05, 0) is 36.8 Å². The maximum atomic E-state index is 12.5. The Labute approximate surface area is 156 Å². The number of phenolic OH excluding ortho intramolecular Hbond substituents is 1. The van der Waals surface area contributed by atoms with Crippen LogP contribution in [0.25, 0.3) is 10.8 Å². The maximum Gasteiger partial charge on any atom is 0.267 e. The minimum atomic E-state index is -0.563. The van der Waals surface area contributed by atoms with Crippen molar-refractivity contribution in [3.05, 3.63) is 71.9 Å². The Bertz CT molecular complexity index is 1100. The van der Waals surface area contributed by atoms with E-state index in [2.05, 4.69) is 10.6 Å². The van der Waals surface area contributed by atoms with Gasteiger partial charge in [0.05, 0.1) is 11.4 Å². The van der Waals surface area contributed by atoms with Crippen LogP contribution in [0.3, 0.4) is 0 Å². The van der Waals surface area contributed by atoms with Gasteiger partial charge in [-0.1, -0.05) is 30.3 Å². The van der Waals surface area contributed by atoms with Crippen LogP contribution in [-0.2, 0) is 4.79 Å². The van der Waals surface area contributed by atoms with Gasteiger partial charge in [0.25, 0.3) is 5.91 Å². The summed E-state index contributed by atoms with van der Waals surface area (Å²) < 4.78 is 0. The Balaban J connectivity index is 1.84. The normalized spacial score (nSPS) is 11.0. The predicted molar refractivity (Wildman–Crippen MR) is 107 cm³/mol. The molecule has 3 rings (SSSR count). The van der Waals surface area contributed by atoms with Crippen molar-refractivity contribution in [3.63, 3.8) is 0 Å². The van der Waals surface area contributed by atoms with Crippen molar-refractivity contribution in [1.29, 1.82) is 5.26 Å². The number of nitrogens with one attached hydrogen (secondary N) is 2. The van der Waals surface area contributed by atoms with Crippen LogP contribution in [0.15, 0.2) is 66.4 Å². The average molecular weight is 358 g/mol. The molecule has 134 valence electrons. The van der Waals surface area contributed by atoms with Crippen LogP contribution in [0.5, 0.6) is 5.75 Å². The third kappa shape index (κ3) is 3.83. The molecule has 0 saturated heterocycles. The molecule has 0 unspecified atom stereocenters. The van der Waals surface area contributed by atoms with Gasteiger partial charge in [0.1, 0.15) is 17.4 Å². The molecule has 0 aliphatic rings. The number of carbonyl (C=O) groups is 1. The highest BCUT2D eigenvalue weighted by Gasteiger charge is 2.12. The van der Waals surface area contributed by atoms with E-state index in [1.165, 1.54) is 6.20 Å². The molecule has 1 amide bonds. The van der Waals surface area contributed by atoms with Crippen LogP contribution in [0.2, 0.25) is 0 Å². The number of phenols is 1. The molecule has 0 aliphatic heterocycles. The monoisotopic (exact) mass is 358 g/mol. The number of nitriles is 1. The smallest absolute Gasteiger partial charge is 0.267 e. The van der Waals surface area contributed by atoms with Crippen molar-refractivity contribution < 1.29 is 9.90 Å². The highest BCUT2D eigenvalue weighted by Crippen LogP contribution is 2.30. The molecule has 6 heteroatoms. The zero-order valence-corrected chi connectivity index (χ0v) is 14.7. The average Bonchev–Trinajstić information content (AvgIpc) is 2.64. The molecule has 0 saturated carbocycles. The maximum absolute atomic E-state index is 12.5. The molecule has 0 aliphatic carbocycles. The van der Waals surface area contributed by atoms with Crippen molar-refractivity contribution in [2.45, 2.75) is 6.92 Å². The van der Waals surface area contributed by atoms with E-state index in [0.717, 1.165) is 5.56 Å². The molecule has 0 bridgehead atoms. The SMILES string of the molecule is Cc1ccc(N/C=C(/C#N)C(=O)Nc2cccc3c(O)cccc23)c(N)c1. The first-order valence-electron chi connectivity index (χ1n) is 8.24. The van der Waals surface area contributed by atoms with Crippen molar-refractivity contribution >= 4 is 33.7 Å². The van der Waals surface area contributed by atoms with E-state index in [0.29, 0.717) is 27.8 Å².